The Morgan fingerprint density at radius 3 is 1.74 bits per heavy atom. The lowest BCUT2D eigenvalue weighted by Crippen LogP contribution is -2.23. The highest BCUT2D eigenvalue weighted by Gasteiger charge is 2.24. The van der Waals surface area contributed by atoms with E-state index in [1.807, 2.05) is 31.2 Å². The first-order valence-electron chi connectivity index (χ1n) is 14.2. The maximum Gasteiger partial charge on any atom is 0.337 e. The molecule has 4 aromatic carbocycles. The van der Waals surface area contributed by atoms with Crippen molar-refractivity contribution in [3.63, 3.8) is 0 Å². The average Bonchev–Trinajstić information content (AvgIpc) is 3.05. The summed E-state index contributed by atoms with van der Waals surface area (Å²) in [5.41, 5.74) is 6.29. The number of carbonyl (C=O) groups excluding carboxylic acids is 3. The lowest BCUT2D eigenvalue weighted by atomic mass is 9.89. The largest absolute Gasteiger partial charge is 0.478 e. The van der Waals surface area contributed by atoms with Gasteiger partial charge in [-0.25, -0.2) is 19.2 Å². The number of benzene rings is 4. The van der Waals surface area contributed by atoms with Gasteiger partial charge in [-0.05, 0) is 96.1 Å². The molecule has 1 amide bonds. The molecule has 0 spiro atoms. The normalized spacial score (nSPS) is 11.3. The van der Waals surface area contributed by atoms with Gasteiger partial charge < -0.3 is 30.2 Å². The molecule has 0 saturated heterocycles. The fourth-order valence-electron chi connectivity index (χ4n) is 5.28. The number of methoxy groups -OCH3 is 2. The van der Waals surface area contributed by atoms with Crippen LogP contribution in [-0.2, 0) is 15.9 Å². The van der Waals surface area contributed by atoms with Crippen molar-refractivity contribution in [2.24, 2.45) is 0 Å². The van der Waals surface area contributed by atoms with Gasteiger partial charge >= 0.3 is 23.9 Å². The molecule has 0 heterocycles. The van der Waals surface area contributed by atoms with Gasteiger partial charge in [0.15, 0.2) is 0 Å². The van der Waals surface area contributed by atoms with E-state index in [4.69, 9.17) is 4.74 Å². The second-order valence-corrected chi connectivity index (χ2v) is 10.7. The van der Waals surface area contributed by atoms with Crippen LogP contribution in [0, 0.1) is 13.8 Å². The lowest BCUT2D eigenvalue weighted by molar-refractivity contribution is 0.0591. The van der Waals surface area contributed by atoms with Gasteiger partial charge in [0.1, 0.15) is 0 Å². The van der Waals surface area contributed by atoms with Gasteiger partial charge in [-0.3, -0.25) is 4.79 Å². The van der Waals surface area contributed by atoms with Crippen molar-refractivity contribution in [3.8, 4) is 0 Å². The van der Waals surface area contributed by atoms with Crippen LogP contribution in [0.4, 0.5) is 5.69 Å². The topological polar surface area (TPSA) is 189 Å². The van der Waals surface area contributed by atoms with E-state index in [0.29, 0.717) is 23.2 Å². The number of ether oxygens (including phenoxy) is 2. The van der Waals surface area contributed by atoms with Crippen molar-refractivity contribution in [1.82, 2.24) is 5.48 Å². The summed E-state index contributed by atoms with van der Waals surface area (Å²) in [6.45, 7) is 3.61. The third-order valence-corrected chi connectivity index (χ3v) is 7.65. The van der Waals surface area contributed by atoms with E-state index < -0.39 is 35.8 Å². The number of nitrogens with one attached hydrogen (secondary N) is 2. The van der Waals surface area contributed by atoms with E-state index in [1.54, 1.807) is 19.1 Å². The quantitative estimate of drug-likeness (QED) is 0.107. The number of aryl methyl sites for hydroxylation is 2. The smallest absolute Gasteiger partial charge is 0.337 e. The molecule has 12 heteroatoms. The second-order valence-electron chi connectivity index (χ2n) is 10.7. The molecule has 47 heavy (non-hydrogen) atoms. The van der Waals surface area contributed by atoms with Crippen molar-refractivity contribution >= 4 is 35.5 Å². The summed E-state index contributed by atoms with van der Waals surface area (Å²) >= 11 is 0. The molecule has 4 rings (SSSR count). The third-order valence-electron chi connectivity index (χ3n) is 7.65. The molecule has 1 unspecified atom stereocenters. The SMILES string of the molecule is COC(=O)c1ccc(C(=O)O)c(C(=O)Nc2ccc(Cc3ccc(C(NO)c4cc(C(=O)OC)ccc4C(=O)O)c(C)c3)cc2C)c1. The zero-order valence-corrected chi connectivity index (χ0v) is 25.9. The molecule has 0 aliphatic heterocycles. The predicted molar refractivity (Wildman–Crippen MR) is 169 cm³/mol. The van der Waals surface area contributed by atoms with Crippen LogP contribution in [-0.4, -0.2) is 59.4 Å². The Morgan fingerprint density at radius 1 is 0.660 bits per heavy atom. The van der Waals surface area contributed by atoms with Gasteiger partial charge in [0, 0.05) is 5.69 Å². The molecular weight excluding hydrogens is 608 g/mol. The summed E-state index contributed by atoms with van der Waals surface area (Å²) in [5.74, 6) is -4.60. The number of carboxylic acid groups (broad SMARTS) is 2. The molecule has 0 saturated carbocycles. The summed E-state index contributed by atoms with van der Waals surface area (Å²) in [7, 11) is 2.40. The zero-order valence-electron chi connectivity index (χ0n) is 25.9. The van der Waals surface area contributed by atoms with Crippen LogP contribution in [0.2, 0.25) is 0 Å². The Morgan fingerprint density at radius 2 is 1.21 bits per heavy atom. The minimum Gasteiger partial charge on any atom is -0.478 e. The summed E-state index contributed by atoms with van der Waals surface area (Å²) in [6.07, 6.45) is 0.496. The highest BCUT2D eigenvalue weighted by atomic mass is 16.5. The van der Waals surface area contributed by atoms with Crippen molar-refractivity contribution in [3.05, 3.63) is 134 Å². The number of hydrogen-bond acceptors (Lipinski definition) is 9. The molecule has 242 valence electrons. The van der Waals surface area contributed by atoms with Crippen molar-refractivity contribution < 1.29 is 48.9 Å². The first kappa shape index (κ1) is 34.0. The van der Waals surface area contributed by atoms with Crippen molar-refractivity contribution in [2.45, 2.75) is 26.3 Å². The van der Waals surface area contributed by atoms with E-state index in [2.05, 4.69) is 15.5 Å². The van der Waals surface area contributed by atoms with Gasteiger partial charge in [-0.2, -0.15) is 5.48 Å². The molecule has 5 N–H and O–H groups in total. The number of amides is 1. The highest BCUT2D eigenvalue weighted by molar-refractivity contribution is 6.12. The van der Waals surface area contributed by atoms with Crippen LogP contribution < -0.4 is 10.8 Å². The number of carboxylic acids is 2. The number of rotatable bonds is 11. The summed E-state index contributed by atoms with van der Waals surface area (Å²) in [4.78, 5) is 60.8. The Bertz CT molecular complexity index is 1900. The molecule has 0 bridgehead atoms. The lowest BCUT2D eigenvalue weighted by Gasteiger charge is -2.21. The minimum absolute atomic E-state index is 0.0363. The Hall–Kier alpha value is -5.85. The predicted octanol–water partition coefficient (Wildman–Crippen LogP) is 5.18. The van der Waals surface area contributed by atoms with Crippen molar-refractivity contribution in [1.29, 1.82) is 0 Å². The number of hydrogen-bond donors (Lipinski definition) is 5. The monoisotopic (exact) mass is 640 g/mol. The Labute approximate surface area is 269 Å². The van der Waals surface area contributed by atoms with Crippen LogP contribution in [0.5, 0.6) is 0 Å². The maximum atomic E-state index is 13.1. The van der Waals surface area contributed by atoms with E-state index in [1.165, 1.54) is 50.6 Å². The number of anilines is 1. The fourth-order valence-corrected chi connectivity index (χ4v) is 5.28. The molecule has 4 aromatic rings. The molecule has 0 aliphatic rings. The Balaban J connectivity index is 1.57. The van der Waals surface area contributed by atoms with Crippen LogP contribution in [0.3, 0.4) is 0 Å². The summed E-state index contributed by atoms with van der Waals surface area (Å²) < 4.78 is 9.45. The van der Waals surface area contributed by atoms with E-state index in [0.717, 1.165) is 16.7 Å². The summed E-state index contributed by atoms with van der Waals surface area (Å²) in [5, 5.41) is 32.1. The van der Waals surface area contributed by atoms with Gasteiger partial charge in [0.2, 0.25) is 0 Å². The van der Waals surface area contributed by atoms with Crippen LogP contribution >= 0.6 is 0 Å². The number of carbonyl (C=O) groups is 5. The zero-order chi connectivity index (χ0) is 34.4. The minimum atomic E-state index is -1.32. The second kappa shape index (κ2) is 14.5. The van der Waals surface area contributed by atoms with E-state index in [9.17, 15) is 39.4 Å². The van der Waals surface area contributed by atoms with E-state index >= 15 is 0 Å². The molecule has 0 aliphatic carbocycles. The first-order valence-corrected chi connectivity index (χ1v) is 14.2. The van der Waals surface area contributed by atoms with Crippen LogP contribution in [0.25, 0.3) is 0 Å². The first-order chi connectivity index (χ1) is 22.4. The van der Waals surface area contributed by atoms with Gasteiger partial charge in [-0.1, -0.05) is 30.3 Å². The Kier molecular flexibility index (Phi) is 10.5. The molecule has 0 aromatic heterocycles. The molecule has 0 fully saturated rings. The molecule has 12 nitrogen and oxygen atoms in total. The van der Waals surface area contributed by atoms with Gasteiger partial charge in [-0.15, -0.1) is 0 Å². The highest BCUT2D eigenvalue weighted by Crippen LogP contribution is 2.30. The van der Waals surface area contributed by atoms with Gasteiger partial charge in [0.25, 0.3) is 5.91 Å². The third kappa shape index (κ3) is 7.52. The van der Waals surface area contributed by atoms with E-state index in [-0.39, 0.29) is 33.4 Å². The summed E-state index contributed by atoms with van der Waals surface area (Å²) in [6, 6.07) is 17.6. The molecule has 1 atom stereocenters. The van der Waals surface area contributed by atoms with Gasteiger partial charge in [0.05, 0.1) is 48.1 Å². The molecular formula is C35H32N2O10. The van der Waals surface area contributed by atoms with Crippen LogP contribution in [0.1, 0.15) is 91.2 Å². The van der Waals surface area contributed by atoms with Crippen LogP contribution in [0.15, 0.2) is 72.8 Å². The number of hydroxylamine groups is 1. The van der Waals surface area contributed by atoms with Crippen molar-refractivity contribution in [2.75, 3.05) is 19.5 Å². The molecule has 0 radical (unpaired) electrons. The fraction of sp³-hybridized carbons (Fsp3) is 0.171. The average molecular weight is 641 g/mol. The number of aromatic carboxylic acids is 2. The standard InChI is InChI=1S/C35H32N2O10/c1-18-13-20(5-9-24(18)30(37-45)27-16-22(34(43)46-3)7-10-25(27)32(39)40)15-21-6-12-29(19(2)14-21)36-31(38)28-17-23(35(44)47-4)8-11-26(28)33(41)42/h5-14,16-17,30,37,45H,15H2,1-4H3,(H,36,38)(H,39,40)(H,41,42). The number of esters is 2. The maximum absolute atomic E-state index is 13.1.